The standard InChI is InChI=1S/C17H22F2N2O3/c18-17(19)24-13-5-3-4-12(10-13)15-11-21(8-9-23-15)14-6-1-2-7-20-16(14)22/h3-5,10,14-15,17H,1-2,6-9,11H2,(H,20,22)/t14-,15+/m0/s1. The Morgan fingerprint density at radius 2 is 2.21 bits per heavy atom. The second kappa shape index (κ2) is 7.90. The predicted octanol–water partition coefficient (Wildman–Crippen LogP) is 2.33. The van der Waals surface area contributed by atoms with Crippen LogP contribution in [0.5, 0.6) is 5.75 Å². The van der Waals surface area contributed by atoms with Gasteiger partial charge in [-0.15, -0.1) is 0 Å². The average molecular weight is 340 g/mol. The van der Waals surface area contributed by atoms with Gasteiger partial charge in [0.15, 0.2) is 0 Å². The van der Waals surface area contributed by atoms with Crippen LogP contribution in [0.3, 0.4) is 0 Å². The van der Waals surface area contributed by atoms with Crippen molar-refractivity contribution in [3.63, 3.8) is 0 Å². The Hall–Kier alpha value is -1.73. The molecule has 2 aliphatic rings. The van der Waals surface area contributed by atoms with Crippen LogP contribution in [0, 0.1) is 0 Å². The molecule has 7 heteroatoms. The minimum atomic E-state index is -2.85. The van der Waals surface area contributed by atoms with Gasteiger partial charge in [0, 0.05) is 19.6 Å². The number of nitrogens with zero attached hydrogens (tertiary/aromatic N) is 1. The lowest BCUT2D eigenvalue weighted by atomic mass is 10.0. The summed E-state index contributed by atoms with van der Waals surface area (Å²) in [6.45, 7) is -0.346. The van der Waals surface area contributed by atoms with Crippen molar-refractivity contribution in [2.45, 2.75) is 38.0 Å². The van der Waals surface area contributed by atoms with Crippen molar-refractivity contribution in [3.05, 3.63) is 29.8 Å². The SMILES string of the molecule is O=C1NCCCC[C@@H]1N1CCO[C@@H](c2cccc(OC(F)F)c2)C1. The minimum absolute atomic E-state index is 0.0722. The number of rotatable bonds is 4. The van der Waals surface area contributed by atoms with Crippen LogP contribution >= 0.6 is 0 Å². The summed E-state index contributed by atoms with van der Waals surface area (Å²) in [5, 5.41) is 2.95. The van der Waals surface area contributed by atoms with Gasteiger partial charge in [-0.25, -0.2) is 0 Å². The normalized spacial score (nSPS) is 26.0. The summed E-state index contributed by atoms with van der Waals surface area (Å²) in [6.07, 6.45) is 2.61. The number of carbonyl (C=O) groups excluding carboxylic acids is 1. The summed E-state index contributed by atoms with van der Waals surface area (Å²) < 4.78 is 35.0. The monoisotopic (exact) mass is 340 g/mol. The Morgan fingerprint density at radius 3 is 3.04 bits per heavy atom. The van der Waals surface area contributed by atoms with Gasteiger partial charge in [-0.2, -0.15) is 8.78 Å². The van der Waals surface area contributed by atoms with Crippen molar-refractivity contribution in [1.82, 2.24) is 10.2 Å². The van der Waals surface area contributed by atoms with E-state index in [2.05, 4.69) is 15.0 Å². The number of hydrogen-bond donors (Lipinski definition) is 1. The van der Waals surface area contributed by atoms with Gasteiger partial charge >= 0.3 is 6.61 Å². The van der Waals surface area contributed by atoms with Gasteiger partial charge in [0.05, 0.1) is 18.8 Å². The van der Waals surface area contributed by atoms with Crippen LogP contribution in [-0.2, 0) is 9.53 Å². The molecule has 1 N–H and O–H groups in total. The van der Waals surface area contributed by atoms with E-state index in [-0.39, 0.29) is 23.8 Å². The van der Waals surface area contributed by atoms with Gasteiger partial charge in [0.25, 0.3) is 0 Å². The summed E-state index contributed by atoms with van der Waals surface area (Å²) >= 11 is 0. The van der Waals surface area contributed by atoms with Crippen LogP contribution in [-0.4, -0.2) is 49.7 Å². The number of benzene rings is 1. The lowest BCUT2D eigenvalue weighted by Crippen LogP contribution is -2.51. The van der Waals surface area contributed by atoms with Gasteiger partial charge in [-0.3, -0.25) is 9.69 Å². The molecule has 0 aromatic heterocycles. The van der Waals surface area contributed by atoms with E-state index in [1.807, 2.05) is 6.07 Å². The van der Waals surface area contributed by atoms with Gasteiger partial charge in [-0.1, -0.05) is 12.1 Å². The van der Waals surface area contributed by atoms with Crippen LogP contribution < -0.4 is 10.1 Å². The highest BCUT2D eigenvalue weighted by atomic mass is 19.3. The van der Waals surface area contributed by atoms with Gasteiger partial charge < -0.3 is 14.8 Å². The third kappa shape index (κ3) is 4.21. The lowest BCUT2D eigenvalue weighted by molar-refractivity contribution is -0.129. The molecule has 1 amide bonds. The quantitative estimate of drug-likeness (QED) is 0.914. The molecule has 24 heavy (non-hydrogen) atoms. The third-order valence-electron chi connectivity index (χ3n) is 4.50. The maximum Gasteiger partial charge on any atom is 0.387 e. The van der Waals surface area contributed by atoms with Gasteiger partial charge in [-0.05, 0) is 37.0 Å². The first-order valence-corrected chi connectivity index (χ1v) is 8.31. The van der Waals surface area contributed by atoms with E-state index in [4.69, 9.17) is 4.74 Å². The molecule has 2 atom stereocenters. The zero-order valence-corrected chi connectivity index (χ0v) is 13.4. The highest BCUT2D eigenvalue weighted by molar-refractivity contribution is 5.81. The van der Waals surface area contributed by atoms with E-state index < -0.39 is 6.61 Å². The van der Waals surface area contributed by atoms with Crippen LogP contribution in [0.2, 0.25) is 0 Å². The highest BCUT2D eigenvalue weighted by Crippen LogP contribution is 2.28. The average Bonchev–Trinajstić information content (AvgIpc) is 2.79. The van der Waals surface area contributed by atoms with E-state index in [0.717, 1.165) is 31.4 Å². The second-order valence-electron chi connectivity index (χ2n) is 6.11. The molecule has 2 fully saturated rings. The second-order valence-corrected chi connectivity index (χ2v) is 6.11. The maximum absolute atomic E-state index is 12.4. The number of ether oxygens (including phenoxy) is 2. The van der Waals surface area contributed by atoms with Crippen molar-refractivity contribution < 1.29 is 23.0 Å². The van der Waals surface area contributed by atoms with E-state index in [1.54, 1.807) is 12.1 Å². The first kappa shape index (κ1) is 17.1. The molecular weight excluding hydrogens is 318 g/mol. The molecule has 3 rings (SSSR count). The predicted molar refractivity (Wildman–Crippen MR) is 84.0 cm³/mol. The smallest absolute Gasteiger partial charge is 0.387 e. The first-order valence-electron chi connectivity index (χ1n) is 8.31. The Morgan fingerprint density at radius 1 is 1.33 bits per heavy atom. The largest absolute Gasteiger partial charge is 0.435 e. The molecule has 5 nitrogen and oxygen atoms in total. The maximum atomic E-state index is 12.4. The fraction of sp³-hybridized carbons (Fsp3) is 0.588. The Labute approximate surface area is 139 Å². The van der Waals surface area contributed by atoms with Gasteiger partial charge in [0.1, 0.15) is 5.75 Å². The van der Waals surface area contributed by atoms with Crippen LogP contribution in [0.25, 0.3) is 0 Å². The molecule has 0 bridgehead atoms. The van der Waals surface area contributed by atoms with E-state index in [0.29, 0.717) is 19.7 Å². The van der Waals surface area contributed by atoms with Crippen LogP contribution in [0.15, 0.2) is 24.3 Å². The fourth-order valence-electron chi connectivity index (χ4n) is 3.32. The van der Waals surface area contributed by atoms with Crippen molar-refractivity contribution >= 4 is 5.91 Å². The highest BCUT2D eigenvalue weighted by Gasteiger charge is 2.32. The molecule has 132 valence electrons. The lowest BCUT2D eigenvalue weighted by Gasteiger charge is -2.37. The zero-order valence-electron chi connectivity index (χ0n) is 13.4. The Bertz CT molecular complexity index is 571. The number of hydrogen-bond acceptors (Lipinski definition) is 4. The molecule has 2 heterocycles. The summed E-state index contributed by atoms with van der Waals surface area (Å²) in [7, 11) is 0. The first-order chi connectivity index (χ1) is 11.6. The van der Waals surface area contributed by atoms with Crippen LogP contribution in [0.4, 0.5) is 8.78 Å². The number of amides is 1. The molecule has 0 radical (unpaired) electrons. The van der Waals surface area contributed by atoms with Gasteiger partial charge in [0.2, 0.25) is 5.91 Å². The fourth-order valence-corrected chi connectivity index (χ4v) is 3.32. The molecule has 2 saturated heterocycles. The van der Waals surface area contributed by atoms with Crippen molar-refractivity contribution in [2.75, 3.05) is 26.2 Å². The number of carbonyl (C=O) groups is 1. The number of alkyl halides is 2. The number of nitrogens with one attached hydrogen (secondary N) is 1. The van der Waals surface area contributed by atoms with Crippen molar-refractivity contribution in [2.24, 2.45) is 0 Å². The third-order valence-corrected chi connectivity index (χ3v) is 4.50. The van der Waals surface area contributed by atoms with Crippen molar-refractivity contribution in [1.29, 1.82) is 0 Å². The summed E-state index contributed by atoms with van der Waals surface area (Å²) in [5.74, 6) is 0.193. The Balaban J connectivity index is 1.70. The molecule has 0 saturated carbocycles. The minimum Gasteiger partial charge on any atom is -0.435 e. The van der Waals surface area contributed by atoms with Crippen molar-refractivity contribution in [3.8, 4) is 5.75 Å². The molecule has 0 aliphatic carbocycles. The van der Waals surface area contributed by atoms with E-state index >= 15 is 0 Å². The zero-order chi connectivity index (χ0) is 16.9. The molecule has 0 spiro atoms. The summed E-state index contributed by atoms with van der Waals surface area (Å²) in [6, 6.07) is 6.44. The van der Waals surface area contributed by atoms with Crippen LogP contribution in [0.1, 0.15) is 30.9 Å². The van der Waals surface area contributed by atoms with E-state index in [1.165, 1.54) is 6.07 Å². The summed E-state index contributed by atoms with van der Waals surface area (Å²) in [5.41, 5.74) is 0.784. The van der Waals surface area contributed by atoms with E-state index in [9.17, 15) is 13.6 Å². The Kier molecular flexibility index (Phi) is 5.63. The molecule has 1 aromatic carbocycles. The molecular formula is C17H22F2N2O3. The number of halogens is 2. The summed E-state index contributed by atoms with van der Waals surface area (Å²) in [4.78, 5) is 14.4. The molecule has 1 aromatic rings. The molecule has 0 unspecified atom stereocenters. The molecule has 2 aliphatic heterocycles. The number of morpholine rings is 1. The topological polar surface area (TPSA) is 50.8 Å².